The number of rotatable bonds is 4. The fourth-order valence-electron chi connectivity index (χ4n) is 1.82. The number of nitrogens with one attached hydrogen (secondary N) is 1. The highest BCUT2D eigenvalue weighted by molar-refractivity contribution is 6.29. The monoisotopic (exact) mass is 241 g/mol. The van der Waals surface area contributed by atoms with E-state index in [1.807, 2.05) is 0 Å². The van der Waals surface area contributed by atoms with Gasteiger partial charge in [0.1, 0.15) is 11.0 Å². The van der Waals surface area contributed by atoms with Gasteiger partial charge in [-0.2, -0.15) is 0 Å². The number of anilines is 1. The fraction of sp³-hybridized carbons (Fsp3) is 0.636. The Hall–Kier alpha value is -0.870. The van der Waals surface area contributed by atoms with Crippen LogP contribution in [0.5, 0.6) is 0 Å². The Kier molecular flexibility index (Phi) is 4.36. The van der Waals surface area contributed by atoms with E-state index in [-0.39, 0.29) is 0 Å². The summed E-state index contributed by atoms with van der Waals surface area (Å²) in [6.07, 6.45) is 8.25. The Morgan fingerprint density at radius 2 is 2.38 bits per heavy atom. The van der Waals surface area contributed by atoms with Crippen LogP contribution in [-0.2, 0) is 4.74 Å². The van der Waals surface area contributed by atoms with Gasteiger partial charge in [0.2, 0.25) is 0 Å². The largest absolute Gasteiger partial charge is 0.378 e. The average Bonchev–Trinajstić information content (AvgIpc) is 2.30. The highest BCUT2D eigenvalue weighted by Gasteiger charge is 2.12. The molecule has 1 aromatic rings. The van der Waals surface area contributed by atoms with Crippen molar-refractivity contribution in [2.45, 2.75) is 31.8 Å². The average molecular weight is 242 g/mol. The van der Waals surface area contributed by atoms with Crippen molar-refractivity contribution in [2.24, 2.45) is 0 Å². The van der Waals surface area contributed by atoms with Crippen molar-refractivity contribution in [1.29, 1.82) is 0 Å². The van der Waals surface area contributed by atoms with Gasteiger partial charge in [0.05, 0.1) is 18.5 Å². The molecule has 0 aliphatic carbocycles. The Morgan fingerprint density at radius 3 is 3.12 bits per heavy atom. The molecule has 1 unspecified atom stereocenters. The van der Waals surface area contributed by atoms with E-state index in [0.717, 1.165) is 25.4 Å². The summed E-state index contributed by atoms with van der Waals surface area (Å²) in [5, 5.41) is 3.61. The molecule has 1 fully saturated rings. The molecule has 0 spiro atoms. The van der Waals surface area contributed by atoms with Gasteiger partial charge in [-0.1, -0.05) is 11.6 Å². The van der Waals surface area contributed by atoms with E-state index in [4.69, 9.17) is 16.3 Å². The molecule has 1 saturated heterocycles. The highest BCUT2D eigenvalue weighted by atomic mass is 35.5. The van der Waals surface area contributed by atoms with Crippen LogP contribution in [0.2, 0.25) is 5.15 Å². The molecule has 2 rings (SSSR count). The van der Waals surface area contributed by atoms with E-state index >= 15 is 0 Å². The zero-order valence-corrected chi connectivity index (χ0v) is 9.91. The number of hydrogen-bond donors (Lipinski definition) is 1. The maximum atomic E-state index is 5.73. The van der Waals surface area contributed by atoms with Crippen LogP contribution in [0.25, 0.3) is 0 Å². The quantitative estimate of drug-likeness (QED) is 0.880. The summed E-state index contributed by atoms with van der Waals surface area (Å²) in [6, 6.07) is 0. The first-order valence-electron chi connectivity index (χ1n) is 5.67. The van der Waals surface area contributed by atoms with Crippen molar-refractivity contribution < 1.29 is 4.74 Å². The lowest BCUT2D eigenvalue weighted by molar-refractivity contribution is 0.0134. The van der Waals surface area contributed by atoms with Crippen molar-refractivity contribution in [1.82, 2.24) is 9.97 Å². The normalized spacial score (nSPS) is 20.7. The van der Waals surface area contributed by atoms with E-state index in [1.165, 1.54) is 25.5 Å². The summed E-state index contributed by atoms with van der Waals surface area (Å²) in [4.78, 5) is 8.07. The number of aromatic nitrogens is 2. The molecular formula is C11H16ClN3O. The summed E-state index contributed by atoms with van der Waals surface area (Å²) < 4.78 is 5.64. The first kappa shape index (κ1) is 11.6. The molecule has 1 N–H and O–H groups in total. The number of hydrogen-bond acceptors (Lipinski definition) is 4. The van der Waals surface area contributed by atoms with E-state index in [1.54, 1.807) is 6.20 Å². The third kappa shape index (κ3) is 3.61. The molecule has 88 valence electrons. The standard InChI is InChI=1S/C11H16ClN3O/c12-10-7-13-8-11(15-10)14-5-4-9-3-1-2-6-16-9/h7-9H,1-6H2,(H,14,15). The lowest BCUT2D eigenvalue weighted by Crippen LogP contribution is -2.22. The van der Waals surface area contributed by atoms with Gasteiger partial charge in [-0.15, -0.1) is 0 Å². The molecule has 0 aromatic carbocycles. The van der Waals surface area contributed by atoms with Crippen LogP contribution in [0, 0.1) is 0 Å². The van der Waals surface area contributed by atoms with Crippen LogP contribution in [0.3, 0.4) is 0 Å². The second-order valence-electron chi connectivity index (χ2n) is 3.93. The SMILES string of the molecule is Clc1cncc(NCCC2CCCCO2)n1. The summed E-state index contributed by atoms with van der Waals surface area (Å²) >= 11 is 5.73. The maximum Gasteiger partial charge on any atom is 0.149 e. The molecule has 16 heavy (non-hydrogen) atoms. The molecule has 1 aromatic heterocycles. The van der Waals surface area contributed by atoms with Crippen LogP contribution < -0.4 is 5.32 Å². The van der Waals surface area contributed by atoms with Crippen LogP contribution in [0.1, 0.15) is 25.7 Å². The molecule has 0 bridgehead atoms. The zero-order chi connectivity index (χ0) is 11.2. The van der Waals surface area contributed by atoms with Gasteiger partial charge in [-0.05, 0) is 25.7 Å². The van der Waals surface area contributed by atoms with Crippen LogP contribution in [0.15, 0.2) is 12.4 Å². The maximum absolute atomic E-state index is 5.73. The predicted octanol–water partition coefficient (Wildman–Crippen LogP) is 2.50. The second kappa shape index (κ2) is 6.01. The van der Waals surface area contributed by atoms with Gasteiger partial charge in [0.25, 0.3) is 0 Å². The van der Waals surface area contributed by atoms with Crippen LogP contribution in [0.4, 0.5) is 5.82 Å². The third-order valence-electron chi connectivity index (χ3n) is 2.65. The number of nitrogens with zero attached hydrogens (tertiary/aromatic N) is 2. The fourth-order valence-corrected chi connectivity index (χ4v) is 1.97. The summed E-state index contributed by atoms with van der Waals surface area (Å²) in [7, 11) is 0. The van der Waals surface area contributed by atoms with E-state index in [0.29, 0.717) is 11.3 Å². The Morgan fingerprint density at radius 1 is 1.44 bits per heavy atom. The molecule has 4 nitrogen and oxygen atoms in total. The van der Waals surface area contributed by atoms with Gasteiger partial charge in [-0.3, -0.25) is 4.98 Å². The van der Waals surface area contributed by atoms with Crippen LogP contribution >= 0.6 is 11.6 Å². The molecular weight excluding hydrogens is 226 g/mol. The van der Waals surface area contributed by atoms with E-state index in [9.17, 15) is 0 Å². The smallest absolute Gasteiger partial charge is 0.149 e. The Balaban J connectivity index is 1.71. The Bertz CT molecular complexity index is 329. The topological polar surface area (TPSA) is 47.0 Å². The third-order valence-corrected chi connectivity index (χ3v) is 2.83. The highest BCUT2D eigenvalue weighted by Crippen LogP contribution is 2.15. The Labute approximate surface area is 100 Å². The van der Waals surface area contributed by atoms with Gasteiger partial charge in [0.15, 0.2) is 0 Å². The second-order valence-corrected chi connectivity index (χ2v) is 4.32. The summed E-state index contributed by atoms with van der Waals surface area (Å²) in [5.74, 6) is 0.725. The molecule has 1 aliphatic rings. The minimum Gasteiger partial charge on any atom is -0.378 e. The predicted molar refractivity (Wildman–Crippen MR) is 63.7 cm³/mol. The lowest BCUT2D eigenvalue weighted by atomic mass is 10.1. The lowest BCUT2D eigenvalue weighted by Gasteiger charge is -2.22. The zero-order valence-electron chi connectivity index (χ0n) is 9.16. The van der Waals surface area contributed by atoms with Gasteiger partial charge in [0, 0.05) is 13.2 Å². The summed E-state index contributed by atoms with van der Waals surface area (Å²) in [5.41, 5.74) is 0. The molecule has 0 saturated carbocycles. The minimum atomic E-state index is 0.397. The van der Waals surface area contributed by atoms with Gasteiger partial charge in [-0.25, -0.2) is 4.98 Å². The van der Waals surface area contributed by atoms with Crippen molar-refractivity contribution in [3.8, 4) is 0 Å². The van der Waals surface area contributed by atoms with Gasteiger partial charge < -0.3 is 10.1 Å². The molecule has 1 atom stereocenters. The number of halogens is 1. The van der Waals surface area contributed by atoms with Crippen molar-refractivity contribution in [2.75, 3.05) is 18.5 Å². The van der Waals surface area contributed by atoms with Gasteiger partial charge >= 0.3 is 0 Å². The molecule has 2 heterocycles. The van der Waals surface area contributed by atoms with Crippen molar-refractivity contribution in [3.05, 3.63) is 17.5 Å². The number of ether oxygens (including phenoxy) is 1. The van der Waals surface area contributed by atoms with E-state index in [2.05, 4.69) is 15.3 Å². The van der Waals surface area contributed by atoms with Crippen molar-refractivity contribution in [3.63, 3.8) is 0 Å². The summed E-state index contributed by atoms with van der Waals surface area (Å²) in [6.45, 7) is 1.75. The molecule has 0 amide bonds. The van der Waals surface area contributed by atoms with E-state index < -0.39 is 0 Å². The molecule has 1 aliphatic heterocycles. The molecule has 5 heteroatoms. The van der Waals surface area contributed by atoms with Crippen LogP contribution in [-0.4, -0.2) is 29.2 Å². The molecule has 0 radical (unpaired) electrons. The minimum absolute atomic E-state index is 0.397. The van der Waals surface area contributed by atoms with Crippen molar-refractivity contribution >= 4 is 17.4 Å². The first-order valence-corrected chi connectivity index (χ1v) is 6.05. The first-order chi connectivity index (χ1) is 7.84.